The zero-order valence-corrected chi connectivity index (χ0v) is 14.9. The van der Waals surface area contributed by atoms with Gasteiger partial charge >= 0.3 is 0 Å². The molecule has 0 fully saturated rings. The Morgan fingerprint density at radius 3 is 2.62 bits per heavy atom. The quantitative estimate of drug-likeness (QED) is 0.632. The average Bonchev–Trinajstić information content (AvgIpc) is 2.60. The van der Waals surface area contributed by atoms with Gasteiger partial charge in [-0.05, 0) is 36.6 Å². The molecule has 0 unspecified atom stereocenters. The van der Waals surface area contributed by atoms with Gasteiger partial charge in [0, 0.05) is 23.8 Å². The maximum absolute atomic E-state index is 12.4. The Bertz CT molecular complexity index is 988. The van der Waals surface area contributed by atoms with Crippen molar-refractivity contribution >= 4 is 11.0 Å². The normalized spacial score (nSPS) is 11.0. The van der Waals surface area contributed by atoms with E-state index in [0.29, 0.717) is 5.76 Å². The SMILES string of the molecule is CCCCCc1cc(-c2cc(=O)c3c(O)cc(O)cc3o2)ccc1OC. The van der Waals surface area contributed by atoms with Crippen molar-refractivity contribution in [3.63, 3.8) is 0 Å². The smallest absolute Gasteiger partial charge is 0.197 e. The number of methoxy groups -OCH3 is 1. The highest BCUT2D eigenvalue weighted by molar-refractivity contribution is 5.86. The van der Waals surface area contributed by atoms with E-state index in [2.05, 4.69) is 6.92 Å². The molecule has 3 aromatic rings. The number of phenolic OH excluding ortho intramolecular Hbond substituents is 2. The van der Waals surface area contributed by atoms with Gasteiger partial charge in [-0.1, -0.05) is 19.8 Å². The summed E-state index contributed by atoms with van der Waals surface area (Å²) in [4.78, 5) is 12.4. The van der Waals surface area contributed by atoms with Gasteiger partial charge in [-0.3, -0.25) is 4.79 Å². The van der Waals surface area contributed by atoms with Crippen LogP contribution in [0.3, 0.4) is 0 Å². The van der Waals surface area contributed by atoms with E-state index >= 15 is 0 Å². The molecule has 0 aliphatic rings. The molecular formula is C21H22O5. The Balaban J connectivity index is 2.08. The molecule has 0 radical (unpaired) electrons. The fourth-order valence-corrected chi connectivity index (χ4v) is 3.09. The highest BCUT2D eigenvalue weighted by Gasteiger charge is 2.13. The number of aromatic hydroxyl groups is 2. The van der Waals surface area contributed by atoms with E-state index in [0.717, 1.165) is 48.6 Å². The zero-order chi connectivity index (χ0) is 18.7. The molecule has 1 aromatic heterocycles. The highest BCUT2D eigenvalue weighted by Crippen LogP contribution is 2.32. The molecule has 0 saturated heterocycles. The molecule has 0 bridgehead atoms. The first-order valence-corrected chi connectivity index (χ1v) is 8.70. The molecule has 0 atom stereocenters. The molecule has 26 heavy (non-hydrogen) atoms. The van der Waals surface area contributed by atoms with Gasteiger partial charge in [0.2, 0.25) is 0 Å². The van der Waals surface area contributed by atoms with E-state index in [1.807, 2.05) is 18.2 Å². The zero-order valence-electron chi connectivity index (χ0n) is 14.9. The van der Waals surface area contributed by atoms with Crippen molar-refractivity contribution in [2.24, 2.45) is 0 Å². The van der Waals surface area contributed by atoms with Gasteiger partial charge in [-0.2, -0.15) is 0 Å². The molecule has 0 saturated carbocycles. The first-order valence-electron chi connectivity index (χ1n) is 8.70. The molecule has 0 amide bonds. The van der Waals surface area contributed by atoms with Crippen LogP contribution in [0.25, 0.3) is 22.3 Å². The van der Waals surface area contributed by atoms with Crippen LogP contribution in [0.1, 0.15) is 31.7 Å². The van der Waals surface area contributed by atoms with Crippen LogP contribution in [-0.4, -0.2) is 17.3 Å². The summed E-state index contributed by atoms with van der Waals surface area (Å²) in [5.74, 6) is 0.732. The molecule has 5 heteroatoms. The van der Waals surface area contributed by atoms with Crippen LogP contribution < -0.4 is 10.2 Å². The topological polar surface area (TPSA) is 79.9 Å². The number of hydrogen-bond donors (Lipinski definition) is 2. The van der Waals surface area contributed by atoms with Crippen molar-refractivity contribution in [3.8, 4) is 28.6 Å². The number of phenols is 2. The first-order chi connectivity index (χ1) is 12.5. The second-order valence-electron chi connectivity index (χ2n) is 6.30. The Hall–Kier alpha value is -2.95. The lowest BCUT2D eigenvalue weighted by Gasteiger charge is -2.11. The summed E-state index contributed by atoms with van der Waals surface area (Å²) in [6.07, 6.45) is 4.20. The fraction of sp³-hybridized carbons (Fsp3) is 0.286. The minimum Gasteiger partial charge on any atom is -0.508 e. The van der Waals surface area contributed by atoms with Crippen LogP contribution in [-0.2, 0) is 6.42 Å². The van der Waals surface area contributed by atoms with Crippen LogP contribution in [0.2, 0.25) is 0 Å². The molecule has 5 nitrogen and oxygen atoms in total. The highest BCUT2D eigenvalue weighted by atomic mass is 16.5. The number of hydrogen-bond acceptors (Lipinski definition) is 5. The largest absolute Gasteiger partial charge is 0.508 e. The van der Waals surface area contributed by atoms with E-state index in [1.54, 1.807) is 7.11 Å². The maximum atomic E-state index is 12.4. The van der Waals surface area contributed by atoms with E-state index in [1.165, 1.54) is 12.1 Å². The molecule has 136 valence electrons. The van der Waals surface area contributed by atoms with Crippen LogP contribution in [0.4, 0.5) is 0 Å². The molecule has 2 aromatic carbocycles. The average molecular weight is 354 g/mol. The fourth-order valence-electron chi connectivity index (χ4n) is 3.09. The van der Waals surface area contributed by atoms with Crippen LogP contribution in [0.5, 0.6) is 17.2 Å². The summed E-state index contributed by atoms with van der Waals surface area (Å²) in [7, 11) is 1.64. The Morgan fingerprint density at radius 1 is 1.08 bits per heavy atom. The van der Waals surface area contributed by atoms with Gasteiger partial charge in [-0.25, -0.2) is 0 Å². The van der Waals surface area contributed by atoms with Gasteiger partial charge in [0.1, 0.15) is 34.0 Å². The summed E-state index contributed by atoms with van der Waals surface area (Å²) in [6.45, 7) is 2.15. The van der Waals surface area contributed by atoms with E-state index in [9.17, 15) is 15.0 Å². The molecular weight excluding hydrogens is 332 g/mol. The van der Waals surface area contributed by atoms with Crippen molar-refractivity contribution in [3.05, 3.63) is 52.2 Å². The third-order valence-electron chi connectivity index (χ3n) is 4.41. The Kier molecular flexibility index (Phi) is 5.16. The lowest BCUT2D eigenvalue weighted by molar-refractivity contribution is 0.409. The Labute approximate surface area is 151 Å². The third-order valence-corrected chi connectivity index (χ3v) is 4.41. The van der Waals surface area contributed by atoms with Crippen LogP contribution >= 0.6 is 0 Å². The third kappa shape index (κ3) is 3.52. The first kappa shape index (κ1) is 17.9. The number of ether oxygens (including phenoxy) is 1. The van der Waals surface area contributed by atoms with E-state index in [4.69, 9.17) is 9.15 Å². The van der Waals surface area contributed by atoms with Gasteiger partial charge in [0.05, 0.1) is 7.11 Å². The predicted octanol–water partition coefficient (Wildman–Crippen LogP) is 4.61. The number of rotatable bonds is 6. The van der Waals surface area contributed by atoms with Crippen molar-refractivity contribution in [2.75, 3.05) is 7.11 Å². The summed E-state index contributed by atoms with van der Waals surface area (Å²) in [5, 5.41) is 19.6. The van der Waals surface area contributed by atoms with Gasteiger partial charge in [-0.15, -0.1) is 0 Å². The van der Waals surface area contributed by atoms with Crippen LogP contribution in [0, 0.1) is 0 Å². The van der Waals surface area contributed by atoms with Gasteiger partial charge < -0.3 is 19.4 Å². The summed E-state index contributed by atoms with van der Waals surface area (Å²) in [5.41, 5.74) is 1.59. The summed E-state index contributed by atoms with van der Waals surface area (Å²) in [6, 6.07) is 9.46. The summed E-state index contributed by atoms with van der Waals surface area (Å²) < 4.78 is 11.2. The molecule has 2 N–H and O–H groups in total. The monoisotopic (exact) mass is 354 g/mol. The van der Waals surface area contributed by atoms with Crippen molar-refractivity contribution in [1.82, 2.24) is 0 Å². The van der Waals surface area contributed by atoms with E-state index < -0.39 is 0 Å². The van der Waals surface area contributed by atoms with Crippen LogP contribution in [0.15, 0.2) is 45.6 Å². The van der Waals surface area contributed by atoms with Gasteiger partial charge in [0.25, 0.3) is 0 Å². The molecule has 3 rings (SSSR count). The maximum Gasteiger partial charge on any atom is 0.197 e. The molecule has 0 spiro atoms. The number of benzene rings is 2. The van der Waals surface area contributed by atoms with E-state index in [-0.39, 0.29) is 27.9 Å². The summed E-state index contributed by atoms with van der Waals surface area (Å²) >= 11 is 0. The number of fused-ring (bicyclic) bond motifs is 1. The Morgan fingerprint density at radius 2 is 1.88 bits per heavy atom. The predicted molar refractivity (Wildman–Crippen MR) is 101 cm³/mol. The molecule has 0 aliphatic heterocycles. The lowest BCUT2D eigenvalue weighted by atomic mass is 10.0. The minimum atomic E-state index is -0.359. The second kappa shape index (κ2) is 7.52. The van der Waals surface area contributed by atoms with Gasteiger partial charge in [0.15, 0.2) is 5.43 Å². The second-order valence-corrected chi connectivity index (χ2v) is 6.30. The number of unbranched alkanes of at least 4 members (excludes halogenated alkanes) is 2. The molecule has 0 aliphatic carbocycles. The van der Waals surface area contributed by atoms with Crippen molar-refractivity contribution in [2.45, 2.75) is 32.6 Å². The lowest BCUT2D eigenvalue weighted by Crippen LogP contribution is -2.01. The minimum absolute atomic E-state index is 0.0585. The number of aryl methyl sites for hydroxylation is 1. The molecule has 1 heterocycles. The van der Waals surface area contributed by atoms with Crippen molar-refractivity contribution in [1.29, 1.82) is 0 Å². The standard InChI is InChI=1S/C21H22O5/c1-3-4-5-6-13-9-14(7-8-18(13)25-2)19-12-17(24)21-16(23)10-15(22)11-20(21)26-19/h7-12,22-23H,3-6H2,1-2H3. The van der Waals surface area contributed by atoms with Crippen molar-refractivity contribution < 1.29 is 19.4 Å².